The van der Waals surface area contributed by atoms with Gasteiger partial charge in [0.25, 0.3) is 0 Å². The Morgan fingerprint density at radius 2 is 1.82 bits per heavy atom. The number of rotatable bonds is 7. The Hall–Kier alpha value is -1.10. The van der Waals surface area contributed by atoms with E-state index in [9.17, 15) is 9.90 Å². The molecule has 2 atom stereocenters. The first-order valence-electron chi connectivity index (χ1n) is 7.64. The van der Waals surface area contributed by atoms with Gasteiger partial charge < -0.3 is 15.7 Å². The molecule has 4 nitrogen and oxygen atoms in total. The van der Waals surface area contributed by atoms with Crippen LogP contribution in [0.4, 0.5) is 0 Å². The van der Waals surface area contributed by atoms with Crippen LogP contribution in [0.15, 0.2) is 24.3 Å². The lowest BCUT2D eigenvalue weighted by Crippen LogP contribution is -2.45. The molecule has 0 spiro atoms. The van der Waals surface area contributed by atoms with Gasteiger partial charge in [-0.05, 0) is 31.7 Å². The van der Waals surface area contributed by atoms with Crippen LogP contribution < -0.4 is 5.73 Å². The Kier molecular flexibility index (Phi) is 9.33. The summed E-state index contributed by atoms with van der Waals surface area (Å²) in [6.07, 6.45) is -0.0172. The fourth-order valence-electron chi connectivity index (χ4n) is 2.32. The number of aliphatic hydroxyl groups is 1. The van der Waals surface area contributed by atoms with E-state index in [4.69, 9.17) is 5.73 Å². The van der Waals surface area contributed by atoms with Crippen molar-refractivity contribution in [3.63, 3.8) is 0 Å². The summed E-state index contributed by atoms with van der Waals surface area (Å²) in [5, 5.41) is 10.3. The minimum atomic E-state index is -0.680. The molecule has 1 rings (SSSR count). The second kappa shape index (κ2) is 9.82. The number of nitrogens with two attached hydrogens (primary N) is 1. The van der Waals surface area contributed by atoms with E-state index < -0.39 is 12.1 Å². The Balaban J connectivity index is 0.00000441. The Morgan fingerprint density at radius 1 is 1.27 bits per heavy atom. The summed E-state index contributed by atoms with van der Waals surface area (Å²) in [5.41, 5.74) is 7.93. The first-order chi connectivity index (χ1) is 9.85. The van der Waals surface area contributed by atoms with Gasteiger partial charge in [0.1, 0.15) is 0 Å². The lowest BCUT2D eigenvalue weighted by atomic mass is 10.0. The average molecular weight is 329 g/mol. The van der Waals surface area contributed by atoms with Gasteiger partial charge in [-0.1, -0.05) is 43.7 Å². The predicted molar refractivity (Wildman–Crippen MR) is 93.1 cm³/mol. The summed E-state index contributed by atoms with van der Waals surface area (Å²) in [6.45, 7) is 8.83. The summed E-state index contributed by atoms with van der Waals surface area (Å²) >= 11 is 0. The van der Waals surface area contributed by atoms with E-state index in [1.54, 1.807) is 4.90 Å². The molecule has 1 aromatic carbocycles. The van der Waals surface area contributed by atoms with Gasteiger partial charge in [0.05, 0.1) is 18.7 Å². The first kappa shape index (κ1) is 20.9. The zero-order chi connectivity index (χ0) is 16.0. The number of likely N-dealkylation sites (N-methyl/N-ethyl adjacent to an activating group) is 1. The maximum absolute atomic E-state index is 12.3. The average Bonchev–Trinajstić information content (AvgIpc) is 2.43. The third kappa shape index (κ3) is 6.34. The largest absolute Gasteiger partial charge is 0.387 e. The number of amides is 1. The molecule has 22 heavy (non-hydrogen) atoms. The highest BCUT2D eigenvalue weighted by Gasteiger charge is 2.23. The lowest BCUT2D eigenvalue weighted by Gasteiger charge is -2.27. The van der Waals surface area contributed by atoms with E-state index in [0.717, 1.165) is 11.1 Å². The number of aryl methyl sites for hydroxylation is 1. The molecule has 0 saturated carbocycles. The topological polar surface area (TPSA) is 66.6 Å². The van der Waals surface area contributed by atoms with Gasteiger partial charge in [-0.25, -0.2) is 0 Å². The van der Waals surface area contributed by atoms with Crippen LogP contribution in [0.1, 0.15) is 44.4 Å². The molecule has 0 aliphatic carbocycles. The van der Waals surface area contributed by atoms with E-state index in [1.807, 2.05) is 52.0 Å². The third-order valence-electron chi connectivity index (χ3n) is 3.59. The number of halogens is 1. The molecule has 0 aliphatic heterocycles. The van der Waals surface area contributed by atoms with Crippen molar-refractivity contribution in [2.75, 3.05) is 13.1 Å². The Labute approximate surface area is 140 Å². The number of benzene rings is 1. The monoisotopic (exact) mass is 328 g/mol. The quantitative estimate of drug-likeness (QED) is 0.808. The molecule has 1 aromatic rings. The van der Waals surface area contributed by atoms with Crippen molar-refractivity contribution in [1.82, 2.24) is 4.90 Å². The predicted octanol–water partition coefficient (Wildman–Crippen LogP) is 2.67. The Bertz CT molecular complexity index is 448. The molecule has 2 unspecified atom stereocenters. The standard InChI is InChI=1S/C17H28N2O2.ClH/c1-5-19(17(21)15(18)10-12(2)3)11-16(20)14-8-6-13(4)7-9-14;/h6-9,12,15-16,20H,5,10-11,18H2,1-4H3;1H. The minimum Gasteiger partial charge on any atom is -0.387 e. The molecule has 0 bridgehead atoms. The first-order valence-corrected chi connectivity index (χ1v) is 7.64. The van der Waals surface area contributed by atoms with Crippen LogP contribution in [0.2, 0.25) is 0 Å². The van der Waals surface area contributed by atoms with Crippen LogP contribution in [-0.2, 0) is 4.79 Å². The van der Waals surface area contributed by atoms with Crippen molar-refractivity contribution in [3.05, 3.63) is 35.4 Å². The fourth-order valence-corrected chi connectivity index (χ4v) is 2.32. The van der Waals surface area contributed by atoms with Gasteiger partial charge in [-0.2, -0.15) is 0 Å². The molecule has 126 valence electrons. The number of carbonyl (C=O) groups excluding carboxylic acids is 1. The maximum atomic E-state index is 12.3. The second-order valence-electron chi connectivity index (χ2n) is 6.04. The van der Waals surface area contributed by atoms with Crippen molar-refractivity contribution in [1.29, 1.82) is 0 Å². The van der Waals surface area contributed by atoms with E-state index in [0.29, 0.717) is 18.9 Å². The van der Waals surface area contributed by atoms with Gasteiger partial charge >= 0.3 is 0 Å². The molecule has 3 N–H and O–H groups in total. The normalized spacial score (nSPS) is 13.4. The molecule has 5 heteroatoms. The molecular formula is C17H29ClN2O2. The fraction of sp³-hybridized carbons (Fsp3) is 0.588. The van der Waals surface area contributed by atoms with Crippen molar-refractivity contribution in [3.8, 4) is 0 Å². The molecule has 0 fully saturated rings. The summed E-state index contributed by atoms with van der Waals surface area (Å²) in [7, 11) is 0. The lowest BCUT2D eigenvalue weighted by molar-refractivity contribution is -0.134. The summed E-state index contributed by atoms with van der Waals surface area (Å²) < 4.78 is 0. The van der Waals surface area contributed by atoms with Crippen LogP contribution in [0.5, 0.6) is 0 Å². The molecule has 1 amide bonds. The third-order valence-corrected chi connectivity index (χ3v) is 3.59. The number of aliphatic hydroxyl groups excluding tert-OH is 1. The van der Waals surface area contributed by atoms with Crippen molar-refractivity contribution < 1.29 is 9.90 Å². The molecular weight excluding hydrogens is 300 g/mol. The number of hydrogen-bond acceptors (Lipinski definition) is 3. The van der Waals surface area contributed by atoms with Gasteiger partial charge in [0, 0.05) is 6.54 Å². The van der Waals surface area contributed by atoms with Crippen LogP contribution in [0.25, 0.3) is 0 Å². The SMILES string of the molecule is CCN(CC(O)c1ccc(C)cc1)C(=O)C(N)CC(C)C.Cl. The Morgan fingerprint density at radius 3 is 2.27 bits per heavy atom. The van der Waals surface area contributed by atoms with E-state index in [1.165, 1.54) is 0 Å². The van der Waals surface area contributed by atoms with Crippen molar-refractivity contribution in [2.45, 2.75) is 46.3 Å². The zero-order valence-corrected chi connectivity index (χ0v) is 14.8. The van der Waals surface area contributed by atoms with Crippen LogP contribution in [0, 0.1) is 12.8 Å². The highest BCUT2D eigenvalue weighted by atomic mass is 35.5. The van der Waals surface area contributed by atoms with Gasteiger partial charge in [-0.3, -0.25) is 4.79 Å². The van der Waals surface area contributed by atoms with Gasteiger partial charge in [0.15, 0.2) is 0 Å². The van der Waals surface area contributed by atoms with Gasteiger partial charge in [-0.15, -0.1) is 12.4 Å². The zero-order valence-electron chi connectivity index (χ0n) is 14.0. The van der Waals surface area contributed by atoms with Crippen molar-refractivity contribution >= 4 is 18.3 Å². The molecule has 0 aliphatic rings. The summed E-state index contributed by atoms with van der Waals surface area (Å²) in [5.74, 6) is 0.294. The van der Waals surface area contributed by atoms with Gasteiger partial charge in [0.2, 0.25) is 5.91 Å². The van der Waals surface area contributed by atoms with Crippen LogP contribution >= 0.6 is 12.4 Å². The highest BCUT2D eigenvalue weighted by molar-refractivity contribution is 5.85. The van der Waals surface area contributed by atoms with E-state index in [-0.39, 0.29) is 24.9 Å². The van der Waals surface area contributed by atoms with E-state index in [2.05, 4.69) is 0 Å². The smallest absolute Gasteiger partial charge is 0.239 e. The summed E-state index contributed by atoms with van der Waals surface area (Å²) in [4.78, 5) is 14.0. The van der Waals surface area contributed by atoms with Crippen LogP contribution in [-0.4, -0.2) is 35.0 Å². The van der Waals surface area contributed by atoms with E-state index >= 15 is 0 Å². The van der Waals surface area contributed by atoms with Crippen LogP contribution in [0.3, 0.4) is 0 Å². The van der Waals surface area contributed by atoms with Crippen molar-refractivity contribution in [2.24, 2.45) is 11.7 Å². The maximum Gasteiger partial charge on any atom is 0.239 e. The molecule has 0 saturated heterocycles. The number of carbonyl (C=O) groups is 1. The second-order valence-corrected chi connectivity index (χ2v) is 6.04. The number of hydrogen-bond donors (Lipinski definition) is 2. The highest BCUT2D eigenvalue weighted by Crippen LogP contribution is 2.16. The molecule has 0 heterocycles. The minimum absolute atomic E-state index is 0. The number of nitrogens with zero attached hydrogens (tertiary/aromatic N) is 1. The summed E-state index contributed by atoms with van der Waals surface area (Å²) in [6, 6.07) is 7.22. The molecule has 0 radical (unpaired) electrons. The molecule has 0 aromatic heterocycles.